The molecular weight excluding hydrogens is 404 g/mol. The molecule has 6 heteroatoms. The predicted octanol–water partition coefficient (Wildman–Crippen LogP) is 4.51. The maximum absolute atomic E-state index is 12.2. The van der Waals surface area contributed by atoms with E-state index in [1.807, 2.05) is 73.7 Å². The molecule has 0 spiro atoms. The summed E-state index contributed by atoms with van der Waals surface area (Å²) in [5, 5.41) is 8.40. The number of carbonyl (C=O) groups excluding carboxylic acids is 1. The van der Waals surface area contributed by atoms with E-state index in [4.69, 9.17) is 0 Å². The number of hydrogen-bond donors (Lipinski definition) is 1. The van der Waals surface area contributed by atoms with Gasteiger partial charge in [0.05, 0.1) is 12.3 Å². The molecule has 0 saturated heterocycles. The number of allylic oxidation sites excluding steroid dienone is 1. The second kappa shape index (κ2) is 9.09. The van der Waals surface area contributed by atoms with Crippen LogP contribution in [0.15, 0.2) is 82.5 Å². The summed E-state index contributed by atoms with van der Waals surface area (Å²) in [6, 6.07) is 19.6. The molecule has 0 unspecified atom stereocenters. The highest BCUT2D eigenvalue weighted by Gasteiger charge is 2.08. The summed E-state index contributed by atoms with van der Waals surface area (Å²) in [6.07, 6.45) is 5.57. The summed E-state index contributed by atoms with van der Waals surface area (Å²) in [4.78, 5) is 12.2. The number of benzene rings is 2. The highest BCUT2D eigenvalue weighted by Crippen LogP contribution is 2.11. The summed E-state index contributed by atoms with van der Waals surface area (Å²) in [5.74, 6) is -0.336. The van der Waals surface area contributed by atoms with E-state index in [2.05, 4.69) is 31.6 Å². The highest BCUT2D eigenvalue weighted by atomic mass is 79.9. The van der Waals surface area contributed by atoms with Gasteiger partial charge in [-0.3, -0.25) is 9.48 Å². The van der Waals surface area contributed by atoms with Gasteiger partial charge < -0.3 is 0 Å². The average Bonchev–Trinajstić information content (AvgIpc) is 3.16. The van der Waals surface area contributed by atoms with Gasteiger partial charge in [-0.05, 0) is 42.3 Å². The summed E-state index contributed by atoms with van der Waals surface area (Å²) in [7, 11) is 0. The minimum absolute atomic E-state index is 0.329. The topological polar surface area (TPSA) is 59.3 Å². The molecule has 1 heterocycles. The lowest BCUT2D eigenvalue weighted by Gasteiger charge is -2.02. The van der Waals surface area contributed by atoms with Crippen molar-refractivity contribution in [3.05, 3.63) is 94.2 Å². The molecule has 1 amide bonds. The van der Waals surface area contributed by atoms with Crippen molar-refractivity contribution in [2.45, 2.75) is 13.5 Å². The Kier molecular flexibility index (Phi) is 6.33. The smallest absolute Gasteiger partial charge is 0.268 e. The van der Waals surface area contributed by atoms with Crippen LogP contribution in [0.1, 0.15) is 28.5 Å². The van der Waals surface area contributed by atoms with Gasteiger partial charge in [0.1, 0.15) is 0 Å². The fourth-order valence-electron chi connectivity index (χ4n) is 2.36. The lowest BCUT2D eigenvalue weighted by atomic mass is 10.2. The van der Waals surface area contributed by atoms with Crippen LogP contribution in [0.4, 0.5) is 0 Å². The second-order valence-corrected chi connectivity index (χ2v) is 6.88. The number of carbonyl (C=O) groups is 1. The molecule has 1 aromatic heterocycles. The van der Waals surface area contributed by atoms with E-state index < -0.39 is 0 Å². The second-order valence-electron chi connectivity index (χ2n) is 5.96. The maximum Gasteiger partial charge on any atom is 0.291 e. The van der Waals surface area contributed by atoms with E-state index in [0.717, 1.165) is 15.6 Å². The van der Waals surface area contributed by atoms with Crippen LogP contribution in [-0.2, 0) is 6.54 Å². The van der Waals surface area contributed by atoms with Crippen LogP contribution in [-0.4, -0.2) is 21.4 Å². The van der Waals surface area contributed by atoms with Gasteiger partial charge in [0, 0.05) is 10.7 Å². The van der Waals surface area contributed by atoms with Gasteiger partial charge >= 0.3 is 0 Å². The van der Waals surface area contributed by atoms with Crippen LogP contribution >= 0.6 is 15.9 Å². The minimum atomic E-state index is -0.336. The molecule has 27 heavy (non-hydrogen) atoms. The number of nitrogens with zero attached hydrogens (tertiary/aromatic N) is 3. The molecule has 0 radical (unpaired) electrons. The Bertz CT molecular complexity index is 959. The normalized spacial score (nSPS) is 11.7. The first-order valence-corrected chi connectivity index (χ1v) is 9.25. The van der Waals surface area contributed by atoms with Gasteiger partial charge in [-0.2, -0.15) is 10.2 Å². The summed E-state index contributed by atoms with van der Waals surface area (Å²) in [5.41, 5.74) is 5.74. The Morgan fingerprint density at radius 2 is 1.89 bits per heavy atom. The molecule has 0 atom stereocenters. The molecule has 0 saturated carbocycles. The maximum atomic E-state index is 12.2. The highest BCUT2D eigenvalue weighted by molar-refractivity contribution is 9.10. The molecule has 0 bridgehead atoms. The first-order valence-electron chi connectivity index (χ1n) is 8.46. The Morgan fingerprint density at radius 3 is 2.63 bits per heavy atom. The van der Waals surface area contributed by atoms with E-state index in [-0.39, 0.29) is 5.91 Å². The number of halogens is 1. The van der Waals surface area contributed by atoms with E-state index in [9.17, 15) is 4.79 Å². The molecule has 5 nitrogen and oxygen atoms in total. The van der Waals surface area contributed by atoms with Crippen LogP contribution in [0.3, 0.4) is 0 Å². The third-order valence-electron chi connectivity index (χ3n) is 3.78. The van der Waals surface area contributed by atoms with Crippen molar-refractivity contribution in [1.29, 1.82) is 0 Å². The van der Waals surface area contributed by atoms with Gasteiger partial charge in [-0.1, -0.05) is 64.5 Å². The lowest BCUT2D eigenvalue weighted by molar-refractivity contribution is 0.0949. The molecule has 136 valence electrons. The molecule has 3 rings (SSSR count). The number of rotatable bonds is 6. The molecule has 0 aliphatic carbocycles. The van der Waals surface area contributed by atoms with Gasteiger partial charge in [0.15, 0.2) is 5.69 Å². The quantitative estimate of drug-likeness (QED) is 0.469. The summed E-state index contributed by atoms with van der Waals surface area (Å²) in [6.45, 7) is 2.43. The van der Waals surface area contributed by atoms with Crippen LogP contribution in [0, 0.1) is 0 Å². The molecule has 0 aliphatic heterocycles. The first-order chi connectivity index (χ1) is 13.1. The lowest BCUT2D eigenvalue weighted by Crippen LogP contribution is -2.19. The van der Waals surface area contributed by atoms with Crippen molar-refractivity contribution in [2.75, 3.05) is 0 Å². The van der Waals surface area contributed by atoms with Crippen molar-refractivity contribution < 1.29 is 4.79 Å². The zero-order chi connectivity index (χ0) is 19.1. The standard InChI is InChI=1S/C21H19BrN4O/c1-16(7-8-17-5-3-2-4-6-17)23-24-21(27)20-13-14-26(25-20)15-18-9-11-19(22)12-10-18/h2-14H,15H2,1H3,(H,24,27). The Labute approximate surface area is 166 Å². The Hall–Kier alpha value is -2.99. The number of aromatic nitrogens is 2. The fourth-order valence-corrected chi connectivity index (χ4v) is 2.63. The number of hydrazone groups is 1. The number of hydrogen-bond acceptors (Lipinski definition) is 3. The van der Waals surface area contributed by atoms with Gasteiger partial charge in [0.25, 0.3) is 5.91 Å². The van der Waals surface area contributed by atoms with Crippen LogP contribution < -0.4 is 5.43 Å². The van der Waals surface area contributed by atoms with Crippen molar-refractivity contribution in [1.82, 2.24) is 15.2 Å². The summed E-state index contributed by atoms with van der Waals surface area (Å²) >= 11 is 3.41. The van der Waals surface area contributed by atoms with Gasteiger partial charge in [-0.25, -0.2) is 5.43 Å². The molecule has 0 aliphatic rings. The van der Waals surface area contributed by atoms with Crippen LogP contribution in [0.5, 0.6) is 0 Å². The first kappa shape index (κ1) is 18.8. The molecule has 1 N–H and O–H groups in total. The zero-order valence-corrected chi connectivity index (χ0v) is 16.4. The average molecular weight is 423 g/mol. The molecule has 3 aromatic rings. The fraction of sp³-hybridized carbons (Fsp3) is 0.0952. The van der Waals surface area contributed by atoms with Crippen molar-refractivity contribution >= 4 is 33.6 Å². The molecule has 0 fully saturated rings. The van der Waals surface area contributed by atoms with Gasteiger partial charge in [0.2, 0.25) is 0 Å². The van der Waals surface area contributed by atoms with Gasteiger partial charge in [-0.15, -0.1) is 0 Å². The Balaban J connectivity index is 1.57. The van der Waals surface area contributed by atoms with Crippen LogP contribution in [0.25, 0.3) is 6.08 Å². The van der Waals surface area contributed by atoms with E-state index in [1.54, 1.807) is 16.9 Å². The zero-order valence-electron chi connectivity index (χ0n) is 14.8. The minimum Gasteiger partial charge on any atom is -0.268 e. The Morgan fingerprint density at radius 1 is 1.15 bits per heavy atom. The predicted molar refractivity (Wildman–Crippen MR) is 112 cm³/mol. The molecule has 2 aromatic carbocycles. The third-order valence-corrected chi connectivity index (χ3v) is 4.31. The number of amides is 1. The van der Waals surface area contributed by atoms with E-state index in [0.29, 0.717) is 18.0 Å². The van der Waals surface area contributed by atoms with Crippen molar-refractivity contribution in [3.63, 3.8) is 0 Å². The van der Waals surface area contributed by atoms with E-state index >= 15 is 0 Å². The number of nitrogens with one attached hydrogen (secondary N) is 1. The van der Waals surface area contributed by atoms with Crippen molar-refractivity contribution in [3.8, 4) is 0 Å². The largest absolute Gasteiger partial charge is 0.291 e. The van der Waals surface area contributed by atoms with Crippen molar-refractivity contribution in [2.24, 2.45) is 5.10 Å². The SMILES string of the molecule is CC(C=Cc1ccccc1)=NNC(=O)c1ccn(Cc2ccc(Br)cc2)n1. The monoisotopic (exact) mass is 422 g/mol. The van der Waals surface area contributed by atoms with Crippen LogP contribution in [0.2, 0.25) is 0 Å². The third kappa shape index (κ3) is 5.76. The molecular formula is C21H19BrN4O. The summed E-state index contributed by atoms with van der Waals surface area (Å²) < 4.78 is 2.76. The van der Waals surface area contributed by atoms with E-state index in [1.165, 1.54) is 0 Å².